The molecule has 3 heteroatoms. The SMILES string of the molecule is CCC1CCC(=O)N(CC(C)CS)CC1. The first-order valence-corrected chi connectivity index (χ1v) is 6.69. The topological polar surface area (TPSA) is 20.3 Å². The molecule has 1 aliphatic heterocycles. The monoisotopic (exact) mass is 229 g/mol. The zero-order valence-electron chi connectivity index (χ0n) is 9.91. The lowest BCUT2D eigenvalue weighted by molar-refractivity contribution is -0.131. The molecule has 0 aliphatic carbocycles. The van der Waals surface area contributed by atoms with E-state index in [2.05, 4.69) is 26.5 Å². The maximum Gasteiger partial charge on any atom is 0.222 e. The van der Waals surface area contributed by atoms with Crippen molar-refractivity contribution in [2.45, 2.75) is 39.5 Å². The van der Waals surface area contributed by atoms with Crippen molar-refractivity contribution in [2.24, 2.45) is 11.8 Å². The van der Waals surface area contributed by atoms with Crippen molar-refractivity contribution in [2.75, 3.05) is 18.8 Å². The Morgan fingerprint density at radius 1 is 1.53 bits per heavy atom. The van der Waals surface area contributed by atoms with Gasteiger partial charge in [0, 0.05) is 19.5 Å². The molecule has 1 heterocycles. The number of thiol groups is 1. The van der Waals surface area contributed by atoms with Crippen LogP contribution in [0.15, 0.2) is 0 Å². The average molecular weight is 229 g/mol. The second-order valence-electron chi connectivity index (χ2n) is 4.73. The van der Waals surface area contributed by atoms with E-state index in [1.807, 2.05) is 4.90 Å². The van der Waals surface area contributed by atoms with Crippen molar-refractivity contribution in [3.63, 3.8) is 0 Å². The van der Waals surface area contributed by atoms with Crippen molar-refractivity contribution in [1.82, 2.24) is 4.90 Å². The maximum atomic E-state index is 11.8. The predicted molar refractivity (Wildman–Crippen MR) is 67.2 cm³/mol. The summed E-state index contributed by atoms with van der Waals surface area (Å²) in [7, 11) is 0. The van der Waals surface area contributed by atoms with Crippen LogP contribution in [-0.4, -0.2) is 29.6 Å². The van der Waals surface area contributed by atoms with Crippen molar-refractivity contribution in [1.29, 1.82) is 0 Å². The van der Waals surface area contributed by atoms with Gasteiger partial charge >= 0.3 is 0 Å². The van der Waals surface area contributed by atoms with E-state index in [0.29, 0.717) is 11.8 Å². The molecule has 88 valence electrons. The standard InChI is InChI=1S/C12H23NOS/c1-3-11-4-5-12(14)13(7-6-11)8-10(2)9-15/h10-11,15H,3-9H2,1-2H3. The summed E-state index contributed by atoms with van der Waals surface area (Å²) in [4.78, 5) is 13.9. The summed E-state index contributed by atoms with van der Waals surface area (Å²) in [6.45, 7) is 6.22. The maximum absolute atomic E-state index is 11.8. The van der Waals surface area contributed by atoms with Gasteiger partial charge in [-0.1, -0.05) is 20.3 Å². The number of rotatable bonds is 4. The molecule has 2 unspecified atom stereocenters. The molecule has 1 rings (SSSR count). The van der Waals surface area contributed by atoms with Crippen LogP contribution in [0.1, 0.15) is 39.5 Å². The molecule has 0 aromatic carbocycles. The quantitative estimate of drug-likeness (QED) is 0.735. The zero-order chi connectivity index (χ0) is 11.3. The highest BCUT2D eigenvalue weighted by atomic mass is 32.1. The Morgan fingerprint density at radius 2 is 2.27 bits per heavy atom. The molecule has 0 aromatic heterocycles. The normalized spacial score (nSPS) is 25.1. The van der Waals surface area contributed by atoms with Crippen LogP contribution in [0, 0.1) is 11.8 Å². The average Bonchev–Trinajstić information content (AvgIpc) is 2.42. The van der Waals surface area contributed by atoms with Crippen LogP contribution in [0.3, 0.4) is 0 Å². The van der Waals surface area contributed by atoms with Gasteiger partial charge in [-0.2, -0.15) is 12.6 Å². The van der Waals surface area contributed by atoms with E-state index in [1.54, 1.807) is 0 Å². The van der Waals surface area contributed by atoms with Crippen LogP contribution in [0.5, 0.6) is 0 Å². The molecule has 1 aliphatic rings. The fourth-order valence-electron chi connectivity index (χ4n) is 2.13. The molecule has 15 heavy (non-hydrogen) atoms. The van der Waals surface area contributed by atoms with Gasteiger partial charge in [-0.15, -0.1) is 0 Å². The van der Waals surface area contributed by atoms with Crippen LogP contribution in [0.2, 0.25) is 0 Å². The number of carbonyl (C=O) groups is 1. The second kappa shape index (κ2) is 6.41. The first-order chi connectivity index (χ1) is 7.17. The summed E-state index contributed by atoms with van der Waals surface area (Å²) in [5, 5.41) is 0. The Labute approximate surface area is 98.8 Å². The minimum absolute atomic E-state index is 0.347. The molecule has 0 saturated carbocycles. The molecule has 0 aromatic rings. The van der Waals surface area contributed by atoms with Crippen LogP contribution in [0.4, 0.5) is 0 Å². The first kappa shape index (κ1) is 12.9. The molecular formula is C12H23NOS. The van der Waals surface area contributed by atoms with Crippen molar-refractivity contribution in [3.05, 3.63) is 0 Å². The molecule has 0 radical (unpaired) electrons. The molecule has 0 spiro atoms. The lowest BCUT2D eigenvalue weighted by Gasteiger charge is -2.23. The Kier molecular flexibility index (Phi) is 5.51. The highest BCUT2D eigenvalue weighted by Crippen LogP contribution is 2.21. The smallest absolute Gasteiger partial charge is 0.222 e. The Morgan fingerprint density at radius 3 is 2.87 bits per heavy atom. The zero-order valence-corrected chi connectivity index (χ0v) is 10.8. The summed E-state index contributed by atoms with van der Waals surface area (Å²) < 4.78 is 0. The van der Waals surface area contributed by atoms with E-state index >= 15 is 0 Å². The number of hydrogen-bond donors (Lipinski definition) is 1. The number of nitrogens with zero attached hydrogens (tertiary/aromatic N) is 1. The number of amides is 1. The van der Waals surface area contributed by atoms with Gasteiger partial charge in [0.1, 0.15) is 0 Å². The second-order valence-corrected chi connectivity index (χ2v) is 5.09. The number of likely N-dealkylation sites (tertiary alicyclic amines) is 1. The van der Waals surface area contributed by atoms with Crippen molar-refractivity contribution < 1.29 is 4.79 Å². The fourth-order valence-corrected chi connectivity index (χ4v) is 2.24. The Balaban J connectivity index is 2.46. The van der Waals surface area contributed by atoms with Crippen LogP contribution < -0.4 is 0 Å². The minimum Gasteiger partial charge on any atom is -0.342 e. The molecule has 1 fully saturated rings. The van der Waals surface area contributed by atoms with Gasteiger partial charge in [0.2, 0.25) is 5.91 Å². The fraction of sp³-hybridized carbons (Fsp3) is 0.917. The van der Waals surface area contributed by atoms with E-state index in [-0.39, 0.29) is 0 Å². The van der Waals surface area contributed by atoms with E-state index in [4.69, 9.17) is 0 Å². The first-order valence-electron chi connectivity index (χ1n) is 6.06. The molecule has 0 bridgehead atoms. The van der Waals surface area contributed by atoms with E-state index < -0.39 is 0 Å². The summed E-state index contributed by atoms with van der Waals surface area (Å²) in [6, 6.07) is 0. The molecule has 0 N–H and O–H groups in total. The van der Waals surface area contributed by atoms with Crippen LogP contribution >= 0.6 is 12.6 Å². The van der Waals surface area contributed by atoms with Crippen LogP contribution in [0.25, 0.3) is 0 Å². The predicted octanol–water partition coefficient (Wildman–Crippen LogP) is 2.59. The van der Waals surface area contributed by atoms with Gasteiger partial charge in [0.05, 0.1) is 0 Å². The number of carbonyl (C=O) groups excluding carboxylic acids is 1. The van der Waals surface area contributed by atoms with Crippen molar-refractivity contribution in [3.8, 4) is 0 Å². The largest absolute Gasteiger partial charge is 0.342 e. The highest BCUT2D eigenvalue weighted by Gasteiger charge is 2.22. The Bertz CT molecular complexity index is 208. The van der Waals surface area contributed by atoms with E-state index in [1.165, 1.54) is 12.8 Å². The number of hydrogen-bond acceptors (Lipinski definition) is 2. The van der Waals surface area contributed by atoms with Gasteiger partial charge in [-0.25, -0.2) is 0 Å². The van der Waals surface area contributed by atoms with Gasteiger partial charge < -0.3 is 4.90 Å². The summed E-state index contributed by atoms with van der Waals surface area (Å²) in [5.74, 6) is 2.47. The van der Waals surface area contributed by atoms with E-state index in [0.717, 1.165) is 37.6 Å². The summed E-state index contributed by atoms with van der Waals surface area (Å²) >= 11 is 4.27. The van der Waals surface area contributed by atoms with Gasteiger partial charge in [-0.05, 0) is 30.4 Å². The molecule has 2 nitrogen and oxygen atoms in total. The lowest BCUT2D eigenvalue weighted by atomic mass is 9.98. The van der Waals surface area contributed by atoms with Gasteiger partial charge in [-0.3, -0.25) is 4.79 Å². The third kappa shape index (κ3) is 4.06. The Hall–Kier alpha value is -0.180. The highest BCUT2D eigenvalue weighted by molar-refractivity contribution is 7.80. The van der Waals surface area contributed by atoms with E-state index in [9.17, 15) is 4.79 Å². The third-order valence-electron chi connectivity index (χ3n) is 3.35. The van der Waals surface area contributed by atoms with Crippen LogP contribution in [-0.2, 0) is 4.79 Å². The van der Waals surface area contributed by atoms with Gasteiger partial charge in [0.25, 0.3) is 0 Å². The molecule has 1 amide bonds. The van der Waals surface area contributed by atoms with Crippen molar-refractivity contribution >= 4 is 18.5 Å². The summed E-state index contributed by atoms with van der Waals surface area (Å²) in [6.07, 6.45) is 4.23. The molecular weight excluding hydrogens is 206 g/mol. The van der Waals surface area contributed by atoms with Gasteiger partial charge in [0.15, 0.2) is 0 Å². The lowest BCUT2D eigenvalue weighted by Crippen LogP contribution is -2.34. The molecule has 2 atom stereocenters. The minimum atomic E-state index is 0.347. The third-order valence-corrected chi connectivity index (χ3v) is 3.97. The summed E-state index contributed by atoms with van der Waals surface area (Å²) in [5.41, 5.74) is 0. The molecule has 1 saturated heterocycles.